The van der Waals surface area contributed by atoms with Crippen molar-refractivity contribution in [3.8, 4) is 0 Å². The Labute approximate surface area is 93.1 Å². The molecule has 0 unspecified atom stereocenters. The molecular weight excluding hydrogens is 214 g/mol. The van der Waals surface area contributed by atoms with Crippen molar-refractivity contribution in [3.63, 3.8) is 0 Å². The quantitative estimate of drug-likeness (QED) is 0.764. The number of hydrogen-bond donors (Lipinski definition) is 2. The lowest BCUT2D eigenvalue weighted by Crippen LogP contribution is -2.41. The van der Waals surface area contributed by atoms with Gasteiger partial charge >= 0.3 is 0 Å². The van der Waals surface area contributed by atoms with Gasteiger partial charge < -0.3 is 10.4 Å². The Morgan fingerprint density at radius 3 is 2.67 bits per heavy atom. The number of hydrogen-bond acceptors (Lipinski definition) is 2. The minimum Gasteiger partial charge on any atom is -0.391 e. The van der Waals surface area contributed by atoms with Crippen molar-refractivity contribution >= 4 is 17.5 Å². The summed E-state index contributed by atoms with van der Waals surface area (Å²) in [5.74, 6) is -0.0137. The van der Waals surface area contributed by atoms with E-state index in [1.807, 2.05) is 12.1 Å². The maximum Gasteiger partial charge on any atom is 0.220 e. The summed E-state index contributed by atoms with van der Waals surface area (Å²) in [6.45, 7) is 0. The number of benzene rings is 1. The van der Waals surface area contributed by atoms with Crippen molar-refractivity contribution in [3.05, 3.63) is 34.9 Å². The molecule has 0 spiro atoms. The number of nitrogens with one attached hydrogen (secondary N) is 1. The van der Waals surface area contributed by atoms with Crippen LogP contribution >= 0.6 is 11.6 Å². The summed E-state index contributed by atoms with van der Waals surface area (Å²) in [5, 5.41) is 13.2. The van der Waals surface area contributed by atoms with E-state index in [9.17, 15) is 9.90 Å². The Bertz CT molecular complexity index is 363. The first-order chi connectivity index (χ1) is 7.16. The molecule has 80 valence electrons. The largest absolute Gasteiger partial charge is 0.391 e. The van der Waals surface area contributed by atoms with Crippen LogP contribution in [-0.4, -0.2) is 17.1 Å². The van der Waals surface area contributed by atoms with Gasteiger partial charge in [-0.05, 0) is 24.1 Å². The topological polar surface area (TPSA) is 49.3 Å². The van der Waals surface area contributed by atoms with Gasteiger partial charge in [-0.15, -0.1) is 0 Å². The molecule has 1 aromatic carbocycles. The predicted molar refractivity (Wildman–Crippen MR) is 57.6 cm³/mol. The molecule has 2 rings (SSSR count). The molecule has 4 heteroatoms. The highest BCUT2D eigenvalue weighted by molar-refractivity contribution is 6.30. The van der Waals surface area contributed by atoms with Crippen molar-refractivity contribution in [2.75, 3.05) is 0 Å². The lowest BCUT2D eigenvalue weighted by atomic mass is 9.94. The van der Waals surface area contributed by atoms with Crippen LogP contribution in [0, 0.1) is 0 Å². The molecule has 3 nitrogen and oxygen atoms in total. The van der Waals surface area contributed by atoms with Crippen LogP contribution in [0.1, 0.15) is 24.4 Å². The highest BCUT2D eigenvalue weighted by Crippen LogP contribution is 2.24. The number of aliphatic hydroxyl groups excluding tert-OH is 1. The number of halogens is 1. The molecule has 2 atom stereocenters. The SMILES string of the molecule is O=C1CC[C@@H](O)[C@@H](c2ccc(Cl)cc2)N1. The first-order valence-electron chi connectivity index (χ1n) is 4.90. The zero-order chi connectivity index (χ0) is 10.8. The minimum atomic E-state index is -0.510. The number of carbonyl (C=O) groups excluding carboxylic acids is 1. The van der Waals surface area contributed by atoms with Crippen LogP contribution in [0.5, 0.6) is 0 Å². The molecule has 1 aromatic rings. The zero-order valence-electron chi connectivity index (χ0n) is 8.11. The average molecular weight is 226 g/mol. The lowest BCUT2D eigenvalue weighted by Gasteiger charge is -2.28. The number of amides is 1. The van der Waals surface area contributed by atoms with Gasteiger partial charge in [-0.1, -0.05) is 23.7 Å². The molecule has 2 N–H and O–H groups in total. The lowest BCUT2D eigenvalue weighted by molar-refractivity contribution is -0.126. The van der Waals surface area contributed by atoms with Gasteiger partial charge in [0.25, 0.3) is 0 Å². The van der Waals surface area contributed by atoms with Crippen LogP contribution in [0.3, 0.4) is 0 Å². The number of piperidine rings is 1. The van der Waals surface area contributed by atoms with Crippen molar-refractivity contribution in [2.24, 2.45) is 0 Å². The molecule has 1 amide bonds. The molecule has 1 aliphatic heterocycles. The molecule has 1 aliphatic rings. The Hall–Kier alpha value is -1.06. The van der Waals surface area contributed by atoms with Gasteiger partial charge in [0.15, 0.2) is 0 Å². The summed E-state index contributed by atoms with van der Waals surface area (Å²) in [4.78, 5) is 11.2. The summed E-state index contributed by atoms with van der Waals surface area (Å²) in [7, 11) is 0. The van der Waals surface area contributed by atoms with E-state index in [1.165, 1.54) is 0 Å². The summed E-state index contributed by atoms with van der Waals surface area (Å²) < 4.78 is 0. The fourth-order valence-corrected chi connectivity index (χ4v) is 1.89. The molecule has 0 bridgehead atoms. The Morgan fingerprint density at radius 1 is 1.33 bits per heavy atom. The normalized spacial score (nSPS) is 26.1. The van der Waals surface area contributed by atoms with Gasteiger partial charge in [0.2, 0.25) is 5.91 Å². The van der Waals surface area contributed by atoms with Gasteiger partial charge in [0.05, 0.1) is 12.1 Å². The Kier molecular flexibility index (Phi) is 2.93. The van der Waals surface area contributed by atoms with Gasteiger partial charge in [-0.3, -0.25) is 4.79 Å². The standard InChI is InChI=1S/C11H12ClNO2/c12-8-3-1-7(2-4-8)11-9(14)5-6-10(15)13-11/h1-4,9,11,14H,5-6H2,(H,13,15)/t9-,11-/m1/s1. The number of aliphatic hydroxyl groups is 1. The van der Waals surface area contributed by atoms with Crippen LogP contribution in [-0.2, 0) is 4.79 Å². The first kappa shape index (κ1) is 10.5. The van der Waals surface area contributed by atoms with Crippen molar-refractivity contribution < 1.29 is 9.90 Å². The van der Waals surface area contributed by atoms with Crippen LogP contribution in [0.25, 0.3) is 0 Å². The van der Waals surface area contributed by atoms with E-state index in [2.05, 4.69) is 5.32 Å². The maximum absolute atomic E-state index is 11.2. The summed E-state index contributed by atoms with van der Waals surface area (Å²) in [6.07, 6.45) is 0.397. The summed E-state index contributed by atoms with van der Waals surface area (Å²) in [6, 6.07) is 6.85. The summed E-state index contributed by atoms with van der Waals surface area (Å²) >= 11 is 5.77. The monoisotopic (exact) mass is 225 g/mol. The third-order valence-electron chi connectivity index (χ3n) is 2.60. The third kappa shape index (κ3) is 2.30. The summed E-state index contributed by atoms with van der Waals surface area (Å²) in [5.41, 5.74) is 0.889. The smallest absolute Gasteiger partial charge is 0.220 e. The molecule has 1 fully saturated rings. The molecular formula is C11H12ClNO2. The van der Waals surface area contributed by atoms with Gasteiger partial charge in [0.1, 0.15) is 0 Å². The Balaban J connectivity index is 2.21. The second-order valence-corrected chi connectivity index (χ2v) is 4.14. The van der Waals surface area contributed by atoms with Crippen molar-refractivity contribution in [1.82, 2.24) is 5.32 Å². The second kappa shape index (κ2) is 4.21. The molecule has 0 aromatic heterocycles. The van der Waals surface area contributed by atoms with Crippen LogP contribution in [0.2, 0.25) is 5.02 Å². The number of rotatable bonds is 1. The van der Waals surface area contributed by atoms with E-state index in [4.69, 9.17) is 11.6 Å². The van der Waals surface area contributed by atoms with E-state index in [1.54, 1.807) is 12.1 Å². The van der Waals surface area contributed by atoms with Crippen molar-refractivity contribution in [1.29, 1.82) is 0 Å². The van der Waals surface area contributed by atoms with Gasteiger partial charge in [-0.2, -0.15) is 0 Å². The van der Waals surface area contributed by atoms with E-state index in [0.717, 1.165) is 5.56 Å². The van der Waals surface area contributed by atoms with E-state index >= 15 is 0 Å². The van der Waals surface area contributed by atoms with Gasteiger partial charge in [0, 0.05) is 11.4 Å². The highest BCUT2D eigenvalue weighted by Gasteiger charge is 2.27. The van der Waals surface area contributed by atoms with E-state index in [0.29, 0.717) is 17.9 Å². The van der Waals surface area contributed by atoms with Crippen LogP contribution < -0.4 is 5.32 Å². The fourth-order valence-electron chi connectivity index (χ4n) is 1.76. The molecule has 15 heavy (non-hydrogen) atoms. The molecule has 1 saturated heterocycles. The van der Waals surface area contributed by atoms with E-state index < -0.39 is 6.10 Å². The molecule has 0 radical (unpaired) electrons. The van der Waals surface area contributed by atoms with Crippen LogP contribution in [0.15, 0.2) is 24.3 Å². The third-order valence-corrected chi connectivity index (χ3v) is 2.85. The maximum atomic E-state index is 11.2. The minimum absolute atomic E-state index is 0.0137. The second-order valence-electron chi connectivity index (χ2n) is 3.70. The number of carbonyl (C=O) groups is 1. The highest BCUT2D eigenvalue weighted by atomic mass is 35.5. The molecule has 0 aliphatic carbocycles. The van der Waals surface area contributed by atoms with Crippen molar-refractivity contribution in [2.45, 2.75) is 25.0 Å². The molecule has 1 heterocycles. The zero-order valence-corrected chi connectivity index (χ0v) is 8.87. The van der Waals surface area contributed by atoms with Gasteiger partial charge in [-0.25, -0.2) is 0 Å². The molecule has 0 saturated carbocycles. The predicted octanol–water partition coefficient (Wildman–Crippen LogP) is 1.65. The Morgan fingerprint density at radius 2 is 2.00 bits per heavy atom. The fraction of sp³-hybridized carbons (Fsp3) is 0.364. The van der Waals surface area contributed by atoms with E-state index in [-0.39, 0.29) is 11.9 Å². The first-order valence-corrected chi connectivity index (χ1v) is 5.27. The average Bonchev–Trinajstić information content (AvgIpc) is 2.23. The van der Waals surface area contributed by atoms with Crippen LogP contribution in [0.4, 0.5) is 0 Å².